The van der Waals surface area contributed by atoms with Crippen LogP contribution in [0.2, 0.25) is 0 Å². The summed E-state index contributed by atoms with van der Waals surface area (Å²) in [6.45, 7) is 9.34. The molecule has 0 bridgehead atoms. The van der Waals surface area contributed by atoms with Gasteiger partial charge in [-0.15, -0.1) is 0 Å². The zero-order valence-corrected chi connectivity index (χ0v) is 26.1. The number of fused-ring (bicyclic) bond motifs is 1. The molecule has 1 saturated heterocycles. The minimum atomic E-state index is -1.25. The summed E-state index contributed by atoms with van der Waals surface area (Å²) in [4.78, 5) is 25.8. The summed E-state index contributed by atoms with van der Waals surface area (Å²) in [6, 6.07) is 15.8. The SMILES string of the molecule is CCCC(C/C=C1\C[C@@](CO)(COC(=O)C(C)(C)Cc2cc3cc(C#Cc4ccc(C)cc4)ccc3o2)OC1=O)CCC. The van der Waals surface area contributed by atoms with Gasteiger partial charge in [-0.1, -0.05) is 75.1 Å². The zero-order chi connectivity index (χ0) is 31.0. The number of cyclic esters (lactones) is 1. The van der Waals surface area contributed by atoms with E-state index in [0.717, 1.165) is 54.2 Å². The normalized spacial score (nSPS) is 17.7. The van der Waals surface area contributed by atoms with E-state index >= 15 is 0 Å². The van der Waals surface area contributed by atoms with Crippen molar-refractivity contribution in [2.75, 3.05) is 13.2 Å². The van der Waals surface area contributed by atoms with Crippen LogP contribution in [0.25, 0.3) is 11.0 Å². The highest BCUT2D eigenvalue weighted by molar-refractivity contribution is 5.91. The second-order valence-corrected chi connectivity index (χ2v) is 12.5. The van der Waals surface area contributed by atoms with Crippen molar-refractivity contribution in [3.8, 4) is 11.8 Å². The number of aliphatic hydroxyl groups is 1. The van der Waals surface area contributed by atoms with Gasteiger partial charge < -0.3 is 19.0 Å². The minimum absolute atomic E-state index is 0.203. The Labute approximate surface area is 255 Å². The molecule has 2 heterocycles. The number of rotatable bonds is 12. The number of esters is 2. The van der Waals surface area contributed by atoms with E-state index in [0.29, 0.717) is 23.7 Å². The largest absolute Gasteiger partial charge is 0.461 e. The van der Waals surface area contributed by atoms with Gasteiger partial charge in [0.2, 0.25) is 0 Å². The highest BCUT2D eigenvalue weighted by Crippen LogP contribution is 2.34. The summed E-state index contributed by atoms with van der Waals surface area (Å²) in [6.07, 6.45) is 7.71. The highest BCUT2D eigenvalue weighted by Gasteiger charge is 2.45. The molecule has 1 atom stereocenters. The van der Waals surface area contributed by atoms with Crippen LogP contribution in [0.5, 0.6) is 0 Å². The molecule has 228 valence electrons. The number of furan rings is 1. The number of hydrogen-bond donors (Lipinski definition) is 1. The van der Waals surface area contributed by atoms with Crippen LogP contribution < -0.4 is 0 Å². The fourth-order valence-electron chi connectivity index (χ4n) is 5.54. The maximum atomic E-state index is 13.2. The quantitative estimate of drug-likeness (QED) is 0.135. The molecule has 0 spiro atoms. The number of aryl methyl sites for hydroxylation is 1. The first kappa shape index (κ1) is 32.1. The molecule has 2 aromatic carbocycles. The molecule has 0 amide bonds. The number of allylic oxidation sites excluding steroid dienone is 1. The standard InChI is InChI=1S/C37H44O6/c1-6-8-27(9-7-2)16-18-30-22-37(24-38,43-34(30)39)25-41-35(40)36(4,5)23-32-21-31-20-29(17-19-33(31)42-32)15-14-28-12-10-26(3)11-13-28/h10-13,17-21,27,38H,6-9,16,22-25H2,1-5H3/b30-18+/t37-/m1/s1. The fraction of sp³-hybridized carbons (Fsp3) is 0.459. The number of carbonyl (C=O) groups excluding carboxylic acids is 2. The molecule has 6 heteroatoms. The number of carbonyl (C=O) groups is 2. The summed E-state index contributed by atoms with van der Waals surface area (Å²) < 4.78 is 17.3. The van der Waals surface area contributed by atoms with E-state index in [-0.39, 0.29) is 13.0 Å². The van der Waals surface area contributed by atoms with Crippen LogP contribution in [0.4, 0.5) is 0 Å². The van der Waals surface area contributed by atoms with Gasteiger partial charge in [-0.25, -0.2) is 4.79 Å². The lowest BCUT2D eigenvalue weighted by atomic mass is 9.88. The summed E-state index contributed by atoms with van der Waals surface area (Å²) in [5.74, 6) is 6.68. The van der Waals surface area contributed by atoms with E-state index in [2.05, 4.69) is 25.7 Å². The zero-order valence-electron chi connectivity index (χ0n) is 26.1. The monoisotopic (exact) mass is 584 g/mol. The Morgan fingerprint density at radius 1 is 1.07 bits per heavy atom. The van der Waals surface area contributed by atoms with Gasteiger partial charge in [0.1, 0.15) is 18.0 Å². The molecule has 1 fully saturated rings. The molecule has 1 aliphatic heterocycles. The van der Waals surface area contributed by atoms with Crippen molar-refractivity contribution in [1.82, 2.24) is 0 Å². The van der Waals surface area contributed by atoms with Crippen molar-refractivity contribution >= 4 is 22.9 Å². The molecule has 0 unspecified atom stereocenters. The Morgan fingerprint density at radius 2 is 1.74 bits per heavy atom. The predicted octanol–water partition coefficient (Wildman–Crippen LogP) is 7.46. The smallest absolute Gasteiger partial charge is 0.334 e. The lowest BCUT2D eigenvalue weighted by Crippen LogP contribution is -2.41. The van der Waals surface area contributed by atoms with Crippen molar-refractivity contribution in [3.05, 3.63) is 82.6 Å². The Hall–Kier alpha value is -3.82. The molecule has 4 rings (SSSR count). The van der Waals surface area contributed by atoms with Gasteiger partial charge in [-0.2, -0.15) is 0 Å². The van der Waals surface area contributed by atoms with Crippen LogP contribution in [-0.2, 0) is 25.5 Å². The molecule has 1 N–H and O–H groups in total. The maximum Gasteiger partial charge on any atom is 0.334 e. The second-order valence-electron chi connectivity index (χ2n) is 12.5. The van der Waals surface area contributed by atoms with Gasteiger partial charge in [0.05, 0.1) is 12.0 Å². The van der Waals surface area contributed by atoms with E-state index in [4.69, 9.17) is 13.9 Å². The lowest BCUT2D eigenvalue weighted by Gasteiger charge is -2.27. The van der Waals surface area contributed by atoms with Gasteiger partial charge >= 0.3 is 11.9 Å². The molecule has 0 radical (unpaired) electrons. The molecule has 0 saturated carbocycles. The average molecular weight is 585 g/mol. The van der Waals surface area contributed by atoms with Crippen LogP contribution >= 0.6 is 0 Å². The van der Waals surface area contributed by atoms with E-state index in [1.807, 2.05) is 61.5 Å². The number of ether oxygens (including phenoxy) is 2. The van der Waals surface area contributed by atoms with Gasteiger partial charge in [0.15, 0.2) is 5.60 Å². The van der Waals surface area contributed by atoms with Crippen molar-refractivity contribution in [2.24, 2.45) is 11.3 Å². The van der Waals surface area contributed by atoms with Gasteiger partial charge in [0.25, 0.3) is 0 Å². The van der Waals surface area contributed by atoms with Gasteiger partial charge in [-0.05, 0) is 69.5 Å². The summed E-state index contributed by atoms with van der Waals surface area (Å²) >= 11 is 0. The van der Waals surface area contributed by atoms with Crippen LogP contribution in [0, 0.1) is 30.1 Å². The molecule has 43 heavy (non-hydrogen) atoms. The van der Waals surface area contributed by atoms with E-state index in [9.17, 15) is 14.7 Å². The third-order valence-corrected chi connectivity index (χ3v) is 8.07. The molecular weight excluding hydrogens is 540 g/mol. The van der Waals surface area contributed by atoms with Crippen LogP contribution in [0.15, 0.2) is 64.6 Å². The average Bonchev–Trinajstić information content (AvgIpc) is 3.53. The maximum absolute atomic E-state index is 13.2. The van der Waals surface area contributed by atoms with Crippen molar-refractivity contribution in [1.29, 1.82) is 0 Å². The summed E-state index contributed by atoms with van der Waals surface area (Å²) in [5, 5.41) is 11.1. The third kappa shape index (κ3) is 8.39. The molecule has 1 aromatic heterocycles. The molecule has 1 aliphatic rings. The summed E-state index contributed by atoms with van der Waals surface area (Å²) in [7, 11) is 0. The predicted molar refractivity (Wildman–Crippen MR) is 168 cm³/mol. The highest BCUT2D eigenvalue weighted by atomic mass is 16.6. The van der Waals surface area contributed by atoms with E-state index < -0.39 is 29.6 Å². The van der Waals surface area contributed by atoms with Crippen LogP contribution in [-0.4, -0.2) is 35.9 Å². The fourth-order valence-corrected chi connectivity index (χ4v) is 5.54. The second kappa shape index (κ2) is 14.1. The first-order valence-electron chi connectivity index (χ1n) is 15.4. The summed E-state index contributed by atoms with van der Waals surface area (Å²) in [5.41, 5.74) is 2.12. The lowest BCUT2D eigenvalue weighted by molar-refractivity contribution is -0.172. The first-order valence-corrected chi connectivity index (χ1v) is 15.4. The van der Waals surface area contributed by atoms with E-state index in [1.54, 1.807) is 13.8 Å². The van der Waals surface area contributed by atoms with Crippen LogP contribution in [0.3, 0.4) is 0 Å². The minimum Gasteiger partial charge on any atom is -0.461 e. The third-order valence-electron chi connectivity index (χ3n) is 8.07. The van der Waals surface area contributed by atoms with Crippen molar-refractivity contribution in [2.45, 2.75) is 85.2 Å². The van der Waals surface area contributed by atoms with Gasteiger partial charge in [-0.3, -0.25) is 4.79 Å². The molecular formula is C37H44O6. The first-order chi connectivity index (χ1) is 20.6. The Morgan fingerprint density at radius 3 is 2.42 bits per heavy atom. The number of aliphatic hydroxyl groups excluding tert-OH is 1. The van der Waals surface area contributed by atoms with Crippen LogP contribution in [0.1, 0.15) is 88.7 Å². The molecule has 6 nitrogen and oxygen atoms in total. The van der Waals surface area contributed by atoms with Crippen molar-refractivity contribution in [3.63, 3.8) is 0 Å². The number of benzene rings is 2. The Bertz CT molecular complexity index is 1510. The molecule has 0 aliphatic carbocycles. The topological polar surface area (TPSA) is 86.0 Å². The van der Waals surface area contributed by atoms with E-state index in [1.165, 1.54) is 5.56 Å². The van der Waals surface area contributed by atoms with Gasteiger partial charge in [0, 0.05) is 34.9 Å². The Balaban J connectivity index is 1.38. The molecule has 3 aromatic rings. The number of hydrogen-bond acceptors (Lipinski definition) is 6. The Kier molecular flexibility index (Phi) is 10.5. The van der Waals surface area contributed by atoms with Crippen molar-refractivity contribution < 1.29 is 28.6 Å².